The molecule has 280 valence electrons. The average molecular weight is 821 g/mol. The second kappa shape index (κ2) is 17.7. The first-order chi connectivity index (χ1) is 25.7. The molecule has 0 saturated heterocycles. The summed E-state index contributed by atoms with van der Waals surface area (Å²) in [4.78, 5) is 47.4. The highest BCUT2D eigenvalue weighted by atomic mass is 35.5. The highest BCUT2D eigenvalue weighted by Gasteiger charge is 2.23. The topological polar surface area (TPSA) is 122 Å². The number of halogens is 6. The molecule has 0 aliphatic heterocycles. The molecule has 0 fully saturated rings. The van der Waals surface area contributed by atoms with E-state index in [0.29, 0.717) is 35.9 Å². The monoisotopic (exact) mass is 819 g/mol. The Balaban J connectivity index is 0.000000208. The number of carbonyl (C=O) groups is 2. The van der Waals surface area contributed by atoms with Crippen LogP contribution in [0.25, 0.3) is 20.6 Å². The molecule has 54 heavy (non-hydrogen) atoms. The van der Waals surface area contributed by atoms with E-state index in [2.05, 4.69) is 24.9 Å². The summed E-state index contributed by atoms with van der Waals surface area (Å²) in [5, 5.41) is 2.13. The number of ether oxygens (including phenoxy) is 2. The van der Waals surface area contributed by atoms with E-state index in [-0.39, 0.29) is 24.7 Å². The van der Waals surface area contributed by atoms with Crippen LogP contribution in [0.2, 0.25) is 10.0 Å². The van der Waals surface area contributed by atoms with Gasteiger partial charge in [-0.1, -0.05) is 34.5 Å². The zero-order chi connectivity index (χ0) is 39.1. The van der Waals surface area contributed by atoms with Crippen molar-refractivity contribution in [1.29, 1.82) is 0 Å². The Morgan fingerprint density at radius 3 is 1.76 bits per heavy atom. The van der Waals surface area contributed by atoms with E-state index in [9.17, 15) is 27.2 Å². The Kier molecular flexibility index (Phi) is 13.1. The number of nitrogens with zero attached hydrogens (tertiary/aromatic N) is 7. The number of fused-ring (bicyclic) bond motifs is 2. The van der Waals surface area contributed by atoms with Crippen molar-refractivity contribution in [2.24, 2.45) is 9.98 Å². The first-order valence-electron chi connectivity index (χ1n) is 15.4. The second-order valence-corrected chi connectivity index (χ2v) is 14.4. The minimum absolute atomic E-state index is 0.0336. The maximum atomic E-state index is 14.6. The van der Waals surface area contributed by atoms with Gasteiger partial charge in [0.1, 0.15) is 56.3 Å². The van der Waals surface area contributed by atoms with Crippen LogP contribution >= 0.6 is 45.9 Å². The first kappa shape index (κ1) is 40.0. The lowest BCUT2D eigenvalue weighted by Gasteiger charge is -2.09. The number of hydrogen-bond acceptors (Lipinski definition) is 9. The van der Waals surface area contributed by atoms with E-state index in [1.807, 2.05) is 6.07 Å². The molecule has 0 N–H and O–H groups in total. The van der Waals surface area contributed by atoms with Crippen LogP contribution in [0.3, 0.4) is 0 Å². The first-order valence-corrected chi connectivity index (χ1v) is 17.8. The third-order valence-corrected chi connectivity index (χ3v) is 9.11. The maximum absolute atomic E-state index is 14.6. The molecule has 0 aliphatic carbocycles. The van der Waals surface area contributed by atoms with Gasteiger partial charge in [-0.15, -0.1) is 11.3 Å². The van der Waals surface area contributed by atoms with E-state index < -0.39 is 46.2 Å². The summed E-state index contributed by atoms with van der Waals surface area (Å²) >= 11 is 14.4. The molecule has 6 aromatic rings. The number of rotatable bonds is 10. The molecule has 0 atom stereocenters. The molecular formula is C35H27Cl2F4N7O4S2. The quantitative estimate of drug-likeness (QED) is 0.0761. The van der Waals surface area contributed by atoms with E-state index in [4.69, 9.17) is 32.7 Å². The summed E-state index contributed by atoms with van der Waals surface area (Å²) in [6, 6.07) is 11.1. The third-order valence-electron chi connectivity index (χ3n) is 6.71. The van der Waals surface area contributed by atoms with Crippen LogP contribution in [0.5, 0.6) is 11.5 Å². The van der Waals surface area contributed by atoms with E-state index in [0.717, 1.165) is 35.3 Å². The highest BCUT2D eigenvalue weighted by Crippen LogP contribution is 2.30. The molecule has 11 nitrogen and oxygen atoms in total. The predicted molar refractivity (Wildman–Crippen MR) is 201 cm³/mol. The molecule has 2 amide bonds. The summed E-state index contributed by atoms with van der Waals surface area (Å²) < 4.78 is 68.6. The summed E-state index contributed by atoms with van der Waals surface area (Å²) in [6.45, 7) is -0.107. The van der Waals surface area contributed by atoms with E-state index in [1.165, 1.54) is 45.0 Å². The fraction of sp³-hybridized carbons (Fsp3) is 0.171. The molecule has 3 aromatic carbocycles. The standard InChI is InChI=1S/C18H14ClF2N3O2S.C17H13ClF2N4O2S/c1-24(2)9-22-18(25)16-11(20)4-5-13(17(16)21)26-8-15-23-12-7-10(19)3-6-14(12)27-15;1-24(2)8-22-16(25)14-10(19)3-4-12(15(14)20)26-7-13-23-11-5-9(18)6-21-17(11)27-13/h3-7,9H,8H2,1-2H3;3-6,8H,7H2,1-2H3. The zero-order valence-electron chi connectivity index (χ0n) is 28.6. The van der Waals surface area contributed by atoms with Crippen LogP contribution < -0.4 is 9.47 Å². The van der Waals surface area contributed by atoms with Gasteiger partial charge in [0.25, 0.3) is 11.8 Å². The van der Waals surface area contributed by atoms with Gasteiger partial charge in [0.15, 0.2) is 23.1 Å². The Labute approximate surface area is 323 Å². The van der Waals surface area contributed by atoms with Crippen LogP contribution in [0.1, 0.15) is 30.7 Å². The van der Waals surface area contributed by atoms with Crippen LogP contribution in [0, 0.1) is 23.3 Å². The van der Waals surface area contributed by atoms with Crippen molar-refractivity contribution in [3.8, 4) is 11.5 Å². The molecule has 6 rings (SSSR count). The Bertz CT molecular complexity index is 2240. The lowest BCUT2D eigenvalue weighted by Crippen LogP contribution is -2.12. The summed E-state index contributed by atoms with van der Waals surface area (Å²) in [6.07, 6.45) is 3.83. The van der Waals surface area contributed by atoms with Gasteiger partial charge in [0.2, 0.25) is 0 Å². The van der Waals surface area contributed by atoms with Crippen molar-refractivity contribution >= 4 is 90.9 Å². The number of aromatic nitrogens is 3. The number of aliphatic imine (C=N–C) groups is 2. The van der Waals surface area contributed by atoms with Gasteiger partial charge in [-0.2, -0.15) is 9.98 Å². The minimum Gasteiger partial charge on any atom is -0.483 e. The molecule has 0 bridgehead atoms. The number of carbonyl (C=O) groups excluding carboxylic acids is 2. The SMILES string of the molecule is CN(C)C=NC(=O)c1c(F)ccc(OCc2nc3cc(Cl)ccc3s2)c1F.CN(C)C=NC(=O)c1c(F)ccc(OCc2nc3cc(Cl)cnc3s2)c1F. The second-order valence-electron chi connectivity index (χ2n) is 11.4. The van der Waals surface area contributed by atoms with Crippen molar-refractivity contribution in [2.75, 3.05) is 28.2 Å². The van der Waals surface area contributed by atoms with Crippen LogP contribution in [-0.2, 0) is 13.2 Å². The number of benzene rings is 3. The molecule has 0 radical (unpaired) electrons. The average Bonchev–Trinajstić information content (AvgIpc) is 3.72. The molecule has 19 heteroatoms. The van der Waals surface area contributed by atoms with Gasteiger partial charge in [-0.05, 0) is 48.5 Å². The smallest absolute Gasteiger partial charge is 0.284 e. The normalized spacial score (nSPS) is 11.3. The number of thiazole rings is 2. The zero-order valence-corrected chi connectivity index (χ0v) is 31.8. The van der Waals surface area contributed by atoms with Crippen molar-refractivity contribution in [1.82, 2.24) is 24.8 Å². The molecule has 0 unspecified atom stereocenters. The van der Waals surface area contributed by atoms with Gasteiger partial charge >= 0.3 is 0 Å². The van der Waals surface area contributed by atoms with Gasteiger partial charge in [0, 0.05) is 39.4 Å². The lowest BCUT2D eigenvalue weighted by atomic mass is 10.1. The number of hydrogen-bond donors (Lipinski definition) is 0. The van der Waals surface area contributed by atoms with Crippen molar-refractivity contribution < 1.29 is 36.6 Å². The summed E-state index contributed by atoms with van der Waals surface area (Å²) in [7, 11) is 6.52. The number of amides is 2. The van der Waals surface area contributed by atoms with Crippen LogP contribution in [-0.4, -0.2) is 77.4 Å². The predicted octanol–water partition coefficient (Wildman–Crippen LogP) is 8.47. The minimum atomic E-state index is -1.11. The van der Waals surface area contributed by atoms with Crippen molar-refractivity contribution in [3.63, 3.8) is 0 Å². The summed E-state index contributed by atoms with van der Waals surface area (Å²) in [5.41, 5.74) is -0.232. The summed E-state index contributed by atoms with van der Waals surface area (Å²) in [5.74, 6) is -6.82. The molecule has 0 aliphatic rings. The molecule has 0 spiro atoms. The van der Waals surface area contributed by atoms with Crippen LogP contribution in [0.4, 0.5) is 17.6 Å². The van der Waals surface area contributed by atoms with Gasteiger partial charge in [0.05, 0.1) is 27.9 Å². The highest BCUT2D eigenvalue weighted by molar-refractivity contribution is 7.18. The molecule has 0 saturated carbocycles. The molecule has 3 heterocycles. The third kappa shape index (κ3) is 10.0. The van der Waals surface area contributed by atoms with Gasteiger partial charge < -0.3 is 19.3 Å². The van der Waals surface area contributed by atoms with Crippen LogP contribution in [0.15, 0.2) is 64.7 Å². The Morgan fingerprint density at radius 1 is 0.722 bits per heavy atom. The van der Waals surface area contributed by atoms with E-state index in [1.54, 1.807) is 46.4 Å². The van der Waals surface area contributed by atoms with Gasteiger partial charge in [-0.3, -0.25) is 9.59 Å². The lowest BCUT2D eigenvalue weighted by molar-refractivity contribution is 0.0984. The van der Waals surface area contributed by atoms with Gasteiger partial charge in [-0.25, -0.2) is 32.5 Å². The molecular weight excluding hydrogens is 793 g/mol. The fourth-order valence-electron chi connectivity index (χ4n) is 4.34. The maximum Gasteiger partial charge on any atom is 0.284 e. The van der Waals surface area contributed by atoms with Crippen molar-refractivity contribution in [2.45, 2.75) is 13.2 Å². The van der Waals surface area contributed by atoms with E-state index >= 15 is 0 Å². The number of pyridine rings is 1. The Morgan fingerprint density at radius 2 is 1.22 bits per heavy atom. The largest absolute Gasteiger partial charge is 0.483 e. The fourth-order valence-corrected chi connectivity index (χ4v) is 6.32. The molecule has 3 aromatic heterocycles. The Hall–Kier alpha value is -5.23. The van der Waals surface area contributed by atoms with Crippen molar-refractivity contribution in [3.05, 3.63) is 109 Å².